The standard InChI is InChI=1S/C42H27NO7S2/c1-22-39-25-8-5-4-7-23(25)11-12-32(39)49-42(45)40(22)29-10-6-9-28(43-29)35-15-17-37(51-35)38-18-16-36(52-38)31-14-13-30(48-31)27-21-26-33(47-3)19-24(46-2)20-34(26)50-41(27)44/h4-21H,1-3H3. The molecule has 0 saturated carbocycles. The van der Waals surface area contributed by atoms with E-state index < -0.39 is 11.3 Å². The quantitative estimate of drug-likeness (QED) is 0.118. The number of ether oxygens (including phenoxy) is 2. The number of aryl methyl sites for hydroxylation is 1. The van der Waals surface area contributed by atoms with Gasteiger partial charge in [0.2, 0.25) is 0 Å². The zero-order valence-corrected chi connectivity index (χ0v) is 29.6. The van der Waals surface area contributed by atoms with Crippen molar-refractivity contribution in [2.75, 3.05) is 14.2 Å². The van der Waals surface area contributed by atoms with E-state index in [2.05, 4.69) is 18.2 Å². The van der Waals surface area contributed by atoms with Crippen LogP contribution >= 0.6 is 22.7 Å². The van der Waals surface area contributed by atoms with Gasteiger partial charge in [-0.25, -0.2) is 14.6 Å². The maximum atomic E-state index is 13.3. The predicted molar refractivity (Wildman–Crippen MR) is 207 cm³/mol. The second kappa shape index (κ2) is 12.5. The summed E-state index contributed by atoms with van der Waals surface area (Å²) in [5.41, 5.74) is 2.92. The SMILES string of the molecule is COc1cc(OC)c2cc(-c3ccc(-c4ccc(-c5ccc(-c6cccc(-c7c(C)c8c(ccc9ccccc98)oc7=O)n6)s5)s4)o3)c(=O)oc2c1. The molecule has 0 saturated heterocycles. The molecule has 0 aliphatic rings. The number of hydrogen-bond donors (Lipinski definition) is 0. The van der Waals surface area contributed by atoms with Crippen LogP contribution in [0.5, 0.6) is 11.5 Å². The zero-order valence-electron chi connectivity index (χ0n) is 28.0. The lowest BCUT2D eigenvalue weighted by Crippen LogP contribution is -2.07. The van der Waals surface area contributed by atoms with Crippen LogP contribution in [0, 0.1) is 6.92 Å². The fourth-order valence-electron chi connectivity index (χ4n) is 6.61. The lowest BCUT2D eigenvalue weighted by Gasteiger charge is -2.10. The molecule has 0 bridgehead atoms. The maximum Gasteiger partial charge on any atom is 0.347 e. The van der Waals surface area contributed by atoms with E-state index >= 15 is 0 Å². The number of methoxy groups -OCH3 is 2. The van der Waals surface area contributed by atoms with E-state index in [4.69, 9.17) is 27.7 Å². The smallest absolute Gasteiger partial charge is 0.347 e. The van der Waals surface area contributed by atoms with Crippen LogP contribution in [0.2, 0.25) is 0 Å². The zero-order chi connectivity index (χ0) is 35.5. The molecule has 0 fully saturated rings. The number of pyridine rings is 1. The van der Waals surface area contributed by atoms with E-state index in [9.17, 15) is 9.59 Å². The highest BCUT2D eigenvalue weighted by Crippen LogP contribution is 2.42. The third kappa shape index (κ3) is 5.31. The van der Waals surface area contributed by atoms with Gasteiger partial charge in [0.25, 0.3) is 0 Å². The van der Waals surface area contributed by atoms with Crippen LogP contribution in [0.25, 0.3) is 86.3 Å². The van der Waals surface area contributed by atoms with Crippen LogP contribution in [0.4, 0.5) is 0 Å². The summed E-state index contributed by atoms with van der Waals surface area (Å²) in [6, 6.07) is 34.5. The Morgan fingerprint density at radius 1 is 0.596 bits per heavy atom. The van der Waals surface area contributed by atoms with Crippen molar-refractivity contribution in [3.8, 4) is 65.0 Å². The Labute approximate surface area is 303 Å². The van der Waals surface area contributed by atoms with E-state index in [1.165, 1.54) is 7.11 Å². The highest BCUT2D eigenvalue weighted by Gasteiger charge is 2.20. The minimum atomic E-state index is -0.524. The fraction of sp³-hybridized carbons (Fsp3) is 0.0714. The Balaban J connectivity index is 1.01. The van der Waals surface area contributed by atoms with Crippen molar-refractivity contribution >= 4 is 55.4 Å². The van der Waals surface area contributed by atoms with Gasteiger partial charge < -0.3 is 22.7 Å². The van der Waals surface area contributed by atoms with Crippen LogP contribution < -0.4 is 20.7 Å². The third-order valence-electron chi connectivity index (χ3n) is 9.12. The number of nitrogens with zero attached hydrogens (tertiary/aromatic N) is 1. The number of benzene rings is 3. The molecular weight excluding hydrogens is 695 g/mol. The Hall–Kier alpha value is -6.23. The van der Waals surface area contributed by atoms with Gasteiger partial charge >= 0.3 is 11.3 Å². The Morgan fingerprint density at radius 3 is 2.15 bits per heavy atom. The van der Waals surface area contributed by atoms with E-state index in [0.717, 1.165) is 46.9 Å². The average molecular weight is 722 g/mol. The maximum absolute atomic E-state index is 13.3. The highest BCUT2D eigenvalue weighted by atomic mass is 32.1. The first-order valence-electron chi connectivity index (χ1n) is 16.3. The molecule has 10 heteroatoms. The number of thiophene rings is 2. The van der Waals surface area contributed by atoms with Gasteiger partial charge in [0.1, 0.15) is 39.7 Å². The second-order valence-electron chi connectivity index (χ2n) is 12.1. The largest absolute Gasteiger partial charge is 0.496 e. The van der Waals surface area contributed by atoms with Gasteiger partial charge in [0.05, 0.1) is 46.3 Å². The van der Waals surface area contributed by atoms with Crippen LogP contribution in [0.15, 0.2) is 132 Å². The summed E-state index contributed by atoms with van der Waals surface area (Å²) in [4.78, 5) is 35.3. The van der Waals surface area contributed by atoms with E-state index in [0.29, 0.717) is 56.4 Å². The molecule has 0 radical (unpaired) electrons. The minimum Gasteiger partial charge on any atom is -0.496 e. The first-order chi connectivity index (χ1) is 25.4. The summed E-state index contributed by atoms with van der Waals surface area (Å²) in [6.07, 6.45) is 0. The van der Waals surface area contributed by atoms with Gasteiger partial charge in [-0.05, 0) is 83.9 Å². The number of fused-ring (bicyclic) bond motifs is 4. The molecule has 0 unspecified atom stereocenters. The molecule has 0 N–H and O–H groups in total. The lowest BCUT2D eigenvalue weighted by molar-refractivity contribution is 0.396. The van der Waals surface area contributed by atoms with Crippen molar-refractivity contribution in [1.82, 2.24) is 4.98 Å². The molecule has 9 aromatic rings. The summed E-state index contributed by atoms with van der Waals surface area (Å²) in [5.74, 6) is 2.08. The van der Waals surface area contributed by atoms with Crippen LogP contribution in [0.1, 0.15) is 5.56 Å². The predicted octanol–water partition coefficient (Wildman–Crippen LogP) is 10.8. The van der Waals surface area contributed by atoms with Crippen molar-refractivity contribution in [2.45, 2.75) is 6.92 Å². The molecule has 6 aromatic heterocycles. The fourth-order valence-corrected chi connectivity index (χ4v) is 8.64. The molecule has 0 atom stereocenters. The van der Waals surface area contributed by atoms with Crippen molar-refractivity contribution in [1.29, 1.82) is 0 Å². The number of rotatable bonds is 7. The van der Waals surface area contributed by atoms with Crippen molar-refractivity contribution in [2.24, 2.45) is 0 Å². The summed E-state index contributed by atoms with van der Waals surface area (Å²) in [7, 11) is 3.09. The van der Waals surface area contributed by atoms with Gasteiger partial charge in [-0.1, -0.05) is 36.4 Å². The Kier molecular flexibility index (Phi) is 7.64. The highest BCUT2D eigenvalue weighted by molar-refractivity contribution is 7.25. The van der Waals surface area contributed by atoms with Crippen LogP contribution in [-0.4, -0.2) is 19.2 Å². The van der Waals surface area contributed by atoms with Crippen molar-refractivity contribution in [3.05, 3.63) is 136 Å². The molecule has 0 amide bonds. The van der Waals surface area contributed by atoms with Gasteiger partial charge in [-0.2, -0.15) is 0 Å². The normalized spacial score (nSPS) is 11.5. The van der Waals surface area contributed by atoms with Gasteiger partial charge in [-0.3, -0.25) is 0 Å². The van der Waals surface area contributed by atoms with Crippen molar-refractivity contribution in [3.63, 3.8) is 0 Å². The monoisotopic (exact) mass is 721 g/mol. The second-order valence-corrected chi connectivity index (χ2v) is 14.3. The molecule has 6 heterocycles. The first kappa shape index (κ1) is 31.7. The van der Waals surface area contributed by atoms with Crippen LogP contribution in [-0.2, 0) is 0 Å². The van der Waals surface area contributed by atoms with E-state index in [1.54, 1.807) is 54.0 Å². The van der Waals surface area contributed by atoms with Crippen molar-refractivity contribution < 1.29 is 22.7 Å². The lowest BCUT2D eigenvalue weighted by atomic mass is 9.98. The molecule has 254 valence electrons. The molecule has 0 spiro atoms. The summed E-state index contributed by atoms with van der Waals surface area (Å²) in [5, 5.41) is 3.66. The molecule has 3 aromatic carbocycles. The number of hydrogen-bond acceptors (Lipinski definition) is 10. The van der Waals surface area contributed by atoms with Gasteiger partial charge in [0, 0.05) is 27.3 Å². The molecule has 8 nitrogen and oxygen atoms in total. The van der Waals surface area contributed by atoms with E-state index in [-0.39, 0.29) is 0 Å². The molecule has 52 heavy (non-hydrogen) atoms. The molecule has 0 aliphatic carbocycles. The first-order valence-corrected chi connectivity index (χ1v) is 18.0. The Morgan fingerprint density at radius 2 is 1.33 bits per heavy atom. The molecule has 0 aliphatic heterocycles. The average Bonchev–Trinajstić information content (AvgIpc) is 3.96. The number of aromatic nitrogens is 1. The summed E-state index contributed by atoms with van der Waals surface area (Å²) >= 11 is 3.20. The summed E-state index contributed by atoms with van der Waals surface area (Å²) < 4.78 is 28.5. The third-order valence-corrected chi connectivity index (χ3v) is 11.5. The van der Waals surface area contributed by atoms with Gasteiger partial charge in [0.15, 0.2) is 0 Å². The summed E-state index contributed by atoms with van der Waals surface area (Å²) in [6.45, 7) is 1.96. The van der Waals surface area contributed by atoms with E-state index in [1.807, 2.05) is 73.7 Å². The molecular formula is C42H27NO7S2. The molecule has 9 rings (SSSR count). The van der Waals surface area contributed by atoms with Gasteiger partial charge in [-0.15, -0.1) is 22.7 Å². The van der Waals surface area contributed by atoms with Crippen LogP contribution in [0.3, 0.4) is 0 Å². The minimum absolute atomic E-state index is 0.293. The number of furan rings is 1. The Bertz CT molecular complexity index is 2960. The topological polar surface area (TPSA) is 105 Å².